The number of carbonyl (C=O) groups excluding carboxylic acids is 1. The maximum Gasteiger partial charge on any atom is 0.166 e. The molecule has 1 aliphatic heterocycles. The molecule has 0 N–H and O–H groups in total. The van der Waals surface area contributed by atoms with E-state index in [0.29, 0.717) is 24.5 Å². The van der Waals surface area contributed by atoms with Crippen LogP contribution in [0.4, 0.5) is 0 Å². The summed E-state index contributed by atoms with van der Waals surface area (Å²) in [5.74, 6) is 0.929. The third-order valence-corrected chi connectivity index (χ3v) is 5.58. The molecule has 6 heteroatoms. The van der Waals surface area contributed by atoms with Gasteiger partial charge < -0.3 is 0 Å². The summed E-state index contributed by atoms with van der Waals surface area (Å²) >= 11 is 0. The van der Waals surface area contributed by atoms with Crippen LogP contribution in [0, 0.1) is 5.92 Å². The van der Waals surface area contributed by atoms with E-state index < -0.39 is 9.84 Å². The van der Waals surface area contributed by atoms with Crippen molar-refractivity contribution in [3.05, 3.63) is 35.8 Å². The normalized spacial score (nSPS) is 19.2. The minimum atomic E-state index is -2.82. The zero-order chi connectivity index (χ0) is 14.2. The van der Waals surface area contributed by atoms with Gasteiger partial charge in [0, 0.05) is 6.20 Å². The first-order chi connectivity index (χ1) is 9.57. The molecule has 2 aromatic rings. The molecule has 0 bridgehead atoms. The Bertz CT molecular complexity index is 735. The molecule has 3 rings (SSSR count). The average molecular weight is 292 g/mol. The predicted octanol–water partition coefficient (Wildman–Crippen LogP) is 1.51. The van der Waals surface area contributed by atoms with Gasteiger partial charge in [-0.3, -0.25) is 9.20 Å². The van der Waals surface area contributed by atoms with Crippen LogP contribution in [0.3, 0.4) is 0 Å². The SMILES string of the molecule is O=Cc1cccc2nc(CC3CCS(=O)(=O)CC3)cn12. The lowest BCUT2D eigenvalue weighted by atomic mass is 9.97. The highest BCUT2D eigenvalue weighted by Gasteiger charge is 2.24. The highest BCUT2D eigenvalue weighted by atomic mass is 32.2. The third kappa shape index (κ3) is 2.60. The quantitative estimate of drug-likeness (QED) is 0.804. The number of rotatable bonds is 3. The zero-order valence-corrected chi connectivity index (χ0v) is 11.8. The molecule has 5 nitrogen and oxygen atoms in total. The van der Waals surface area contributed by atoms with Gasteiger partial charge in [0.05, 0.1) is 22.9 Å². The van der Waals surface area contributed by atoms with Gasteiger partial charge in [-0.25, -0.2) is 13.4 Å². The fourth-order valence-electron chi connectivity index (χ4n) is 2.72. The van der Waals surface area contributed by atoms with E-state index in [-0.39, 0.29) is 11.5 Å². The number of sulfone groups is 1. The van der Waals surface area contributed by atoms with E-state index in [9.17, 15) is 13.2 Å². The molecule has 0 radical (unpaired) electrons. The lowest BCUT2D eigenvalue weighted by Crippen LogP contribution is -2.24. The Hall–Kier alpha value is -1.69. The summed E-state index contributed by atoms with van der Waals surface area (Å²) in [5.41, 5.74) is 2.25. The Kier molecular flexibility index (Phi) is 3.33. The van der Waals surface area contributed by atoms with E-state index in [0.717, 1.165) is 24.0 Å². The van der Waals surface area contributed by atoms with Gasteiger partial charge in [-0.05, 0) is 37.3 Å². The maximum absolute atomic E-state index is 11.4. The first-order valence-electron chi connectivity index (χ1n) is 6.70. The van der Waals surface area contributed by atoms with Gasteiger partial charge in [-0.2, -0.15) is 0 Å². The smallest absolute Gasteiger partial charge is 0.166 e. The predicted molar refractivity (Wildman–Crippen MR) is 75.7 cm³/mol. The zero-order valence-electron chi connectivity index (χ0n) is 11.0. The largest absolute Gasteiger partial charge is 0.297 e. The molecule has 0 spiro atoms. The Morgan fingerprint density at radius 2 is 2.05 bits per heavy atom. The Labute approximate surface area is 117 Å². The van der Waals surface area contributed by atoms with Crippen LogP contribution in [0.1, 0.15) is 29.0 Å². The van der Waals surface area contributed by atoms with Gasteiger partial charge in [0.2, 0.25) is 0 Å². The van der Waals surface area contributed by atoms with Crippen molar-refractivity contribution in [2.75, 3.05) is 11.5 Å². The Balaban J connectivity index is 1.80. The molecule has 0 aliphatic carbocycles. The number of imidazole rings is 1. The molecule has 20 heavy (non-hydrogen) atoms. The molecule has 1 fully saturated rings. The van der Waals surface area contributed by atoms with E-state index >= 15 is 0 Å². The lowest BCUT2D eigenvalue weighted by Gasteiger charge is -2.20. The van der Waals surface area contributed by atoms with Gasteiger partial charge in [0.25, 0.3) is 0 Å². The van der Waals surface area contributed by atoms with Crippen LogP contribution in [0.25, 0.3) is 5.65 Å². The van der Waals surface area contributed by atoms with Gasteiger partial charge in [-0.15, -0.1) is 0 Å². The average Bonchev–Trinajstić information content (AvgIpc) is 2.83. The van der Waals surface area contributed by atoms with Crippen molar-refractivity contribution in [2.45, 2.75) is 19.3 Å². The third-order valence-electron chi connectivity index (χ3n) is 3.87. The fourth-order valence-corrected chi connectivity index (χ4v) is 4.30. The summed E-state index contributed by atoms with van der Waals surface area (Å²) in [6.07, 6.45) is 4.87. The molecule has 2 aromatic heterocycles. The number of aromatic nitrogens is 2. The number of aldehydes is 1. The molecule has 0 saturated carbocycles. The van der Waals surface area contributed by atoms with E-state index in [1.54, 1.807) is 10.5 Å². The number of pyridine rings is 1. The summed E-state index contributed by atoms with van der Waals surface area (Å²) in [6, 6.07) is 5.42. The van der Waals surface area contributed by atoms with E-state index in [4.69, 9.17) is 0 Å². The lowest BCUT2D eigenvalue weighted by molar-refractivity contribution is 0.111. The van der Waals surface area contributed by atoms with Crippen LogP contribution < -0.4 is 0 Å². The monoisotopic (exact) mass is 292 g/mol. The van der Waals surface area contributed by atoms with E-state index in [1.165, 1.54) is 0 Å². The molecule has 1 aliphatic rings. The summed E-state index contributed by atoms with van der Waals surface area (Å²) in [7, 11) is -2.82. The van der Waals surface area contributed by atoms with Crippen LogP contribution >= 0.6 is 0 Å². The molecule has 0 amide bonds. The van der Waals surface area contributed by atoms with Crippen molar-refractivity contribution in [3.63, 3.8) is 0 Å². The first kappa shape index (κ1) is 13.3. The van der Waals surface area contributed by atoms with Crippen LogP contribution in [0.2, 0.25) is 0 Å². The van der Waals surface area contributed by atoms with Crippen molar-refractivity contribution in [3.8, 4) is 0 Å². The van der Waals surface area contributed by atoms with E-state index in [1.807, 2.05) is 18.3 Å². The summed E-state index contributed by atoms with van der Waals surface area (Å²) < 4.78 is 24.6. The second-order valence-electron chi connectivity index (χ2n) is 5.33. The summed E-state index contributed by atoms with van der Waals surface area (Å²) in [6.45, 7) is 0. The molecule has 0 unspecified atom stereocenters. The summed E-state index contributed by atoms with van der Waals surface area (Å²) in [4.78, 5) is 15.5. The van der Waals surface area contributed by atoms with Gasteiger partial charge in [0.1, 0.15) is 15.5 Å². The molecule has 0 atom stereocenters. The number of carbonyl (C=O) groups is 1. The number of hydrogen-bond donors (Lipinski definition) is 0. The Morgan fingerprint density at radius 3 is 2.75 bits per heavy atom. The number of nitrogens with zero attached hydrogens (tertiary/aromatic N) is 2. The molecule has 0 aromatic carbocycles. The molecule has 106 valence electrons. The topological polar surface area (TPSA) is 68.5 Å². The molecular weight excluding hydrogens is 276 g/mol. The maximum atomic E-state index is 11.4. The van der Waals surface area contributed by atoms with E-state index in [2.05, 4.69) is 4.98 Å². The first-order valence-corrected chi connectivity index (χ1v) is 8.52. The number of hydrogen-bond acceptors (Lipinski definition) is 4. The minimum Gasteiger partial charge on any atom is -0.297 e. The standard InChI is InChI=1S/C14H16N2O3S/c17-10-13-2-1-3-14-15-12(9-16(13)14)8-11-4-6-20(18,19)7-5-11/h1-3,9-11H,4-8H2. The molecule has 3 heterocycles. The number of fused-ring (bicyclic) bond motifs is 1. The van der Waals surface area contributed by atoms with Crippen LogP contribution in [-0.2, 0) is 16.3 Å². The van der Waals surface area contributed by atoms with Crippen LogP contribution in [0.5, 0.6) is 0 Å². The Morgan fingerprint density at radius 1 is 1.30 bits per heavy atom. The highest BCUT2D eigenvalue weighted by Crippen LogP contribution is 2.23. The van der Waals surface area contributed by atoms with Crippen LogP contribution in [-0.4, -0.2) is 35.6 Å². The summed E-state index contributed by atoms with van der Waals surface area (Å²) in [5, 5.41) is 0. The van der Waals surface area contributed by atoms with Crippen molar-refractivity contribution >= 4 is 21.8 Å². The van der Waals surface area contributed by atoms with Gasteiger partial charge in [-0.1, -0.05) is 6.07 Å². The van der Waals surface area contributed by atoms with Crippen molar-refractivity contribution < 1.29 is 13.2 Å². The second-order valence-corrected chi connectivity index (χ2v) is 7.63. The fraction of sp³-hybridized carbons (Fsp3) is 0.429. The molecular formula is C14H16N2O3S. The van der Waals surface area contributed by atoms with Crippen molar-refractivity contribution in [2.24, 2.45) is 5.92 Å². The van der Waals surface area contributed by atoms with Gasteiger partial charge in [0.15, 0.2) is 6.29 Å². The highest BCUT2D eigenvalue weighted by molar-refractivity contribution is 7.91. The molecule has 1 saturated heterocycles. The van der Waals surface area contributed by atoms with Crippen LogP contribution in [0.15, 0.2) is 24.4 Å². The van der Waals surface area contributed by atoms with Crippen molar-refractivity contribution in [1.82, 2.24) is 9.38 Å². The van der Waals surface area contributed by atoms with Gasteiger partial charge >= 0.3 is 0 Å². The second kappa shape index (κ2) is 5.01. The van der Waals surface area contributed by atoms with Crippen molar-refractivity contribution in [1.29, 1.82) is 0 Å². The minimum absolute atomic E-state index is 0.282.